The SMILES string of the molecule is CC(C)OC(=O)C1(C)CCC(C(=O)NCC(=O)O)C1(C)C. The van der Waals surface area contributed by atoms with Crippen LogP contribution < -0.4 is 5.32 Å². The Balaban J connectivity index is 2.88. The highest BCUT2D eigenvalue weighted by molar-refractivity contribution is 5.86. The van der Waals surface area contributed by atoms with Gasteiger partial charge in [-0.1, -0.05) is 13.8 Å². The van der Waals surface area contributed by atoms with E-state index in [4.69, 9.17) is 9.84 Å². The van der Waals surface area contributed by atoms with Gasteiger partial charge in [-0.25, -0.2) is 0 Å². The average molecular weight is 299 g/mol. The highest BCUT2D eigenvalue weighted by Gasteiger charge is 2.59. The quantitative estimate of drug-likeness (QED) is 0.752. The van der Waals surface area contributed by atoms with E-state index in [0.717, 1.165) is 0 Å². The Hall–Kier alpha value is -1.59. The fourth-order valence-corrected chi connectivity index (χ4v) is 2.95. The van der Waals surface area contributed by atoms with Crippen molar-refractivity contribution < 1.29 is 24.2 Å². The van der Waals surface area contributed by atoms with E-state index in [2.05, 4.69) is 5.32 Å². The molecule has 0 aromatic carbocycles. The summed E-state index contributed by atoms with van der Waals surface area (Å²) < 4.78 is 5.33. The van der Waals surface area contributed by atoms with Gasteiger partial charge >= 0.3 is 11.9 Å². The van der Waals surface area contributed by atoms with Crippen LogP contribution in [-0.4, -0.2) is 35.6 Å². The molecule has 0 heterocycles. The number of carbonyl (C=O) groups is 3. The third kappa shape index (κ3) is 3.36. The van der Waals surface area contributed by atoms with Gasteiger partial charge in [0.25, 0.3) is 0 Å². The first-order valence-corrected chi connectivity index (χ1v) is 7.23. The van der Waals surface area contributed by atoms with Crippen molar-refractivity contribution in [1.29, 1.82) is 0 Å². The molecule has 0 bridgehead atoms. The van der Waals surface area contributed by atoms with Crippen molar-refractivity contribution in [3.63, 3.8) is 0 Å². The number of amides is 1. The zero-order chi connectivity index (χ0) is 16.4. The number of carbonyl (C=O) groups excluding carboxylic acids is 2. The van der Waals surface area contributed by atoms with Crippen LogP contribution in [0.25, 0.3) is 0 Å². The summed E-state index contributed by atoms with van der Waals surface area (Å²) in [5.41, 5.74) is -1.34. The lowest BCUT2D eigenvalue weighted by Crippen LogP contribution is -2.47. The van der Waals surface area contributed by atoms with E-state index < -0.39 is 29.3 Å². The number of ether oxygens (including phenoxy) is 1. The molecule has 0 spiro atoms. The molecule has 6 nitrogen and oxygen atoms in total. The molecule has 120 valence electrons. The summed E-state index contributed by atoms with van der Waals surface area (Å²) in [4.78, 5) is 35.1. The van der Waals surface area contributed by atoms with Gasteiger partial charge in [0.2, 0.25) is 5.91 Å². The molecule has 1 fully saturated rings. The Morgan fingerprint density at radius 3 is 2.33 bits per heavy atom. The molecule has 21 heavy (non-hydrogen) atoms. The Morgan fingerprint density at radius 2 is 1.86 bits per heavy atom. The van der Waals surface area contributed by atoms with Gasteiger partial charge in [0.15, 0.2) is 0 Å². The summed E-state index contributed by atoms with van der Waals surface area (Å²) in [5, 5.41) is 11.0. The standard InChI is InChI=1S/C15H25NO5/c1-9(2)21-13(20)15(5)7-6-10(14(15,3)4)12(19)16-8-11(17)18/h9-10H,6-8H2,1-5H3,(H,16,19)(H,17,18). The van der Waals surface area contributed by atoms with Crippen LogP contribution in [0.3, 0.4) is 0 Å². The summed E-state index contributed by atoms with van der Waals surface area (Å²) in [5.74, 6) is -2.10. The Labute approximate surface area is 125 Å². The number of carboxylic acids is 1. The lowest BCUT2D eigenvalue weighted by atomic mass is 9.65. The summed E-state index contributed by atoms with van der Waals surface area (Å²) in [6.45, 7) is 8.74. The third-order valence-corrected chi connectivity index (χ3v) is 4.75. The monoisotopic (exact) mass is 299 g/mol. The fraction of sp³-hybridized carbons (Fsp3) is 0.800. The maximum absolute atomic E-state index is 12.4. The van der Waals surface area contributed by atoms with Crippen molar-refractivity contribution in [3.8, 4) is 0 Å². The minimum atomic E-state index is -1.08. The van der Waals surface area contributed by atoms with Gasteiger partial charge in [0.1, 0.15) is 6.54 Å². The molecular weight excluding hydrogens is 274 g/mol. The van der Waals surface area contributed by atoms with Crippen molar-refractivity contribution >= 4 is 17.8 Å². The van der Waals surface area contributed by atoms with Gasteiger partial charge in [-0.2, -0.15) is 0 Å². The maximum Gasteiger partial charge on any atom is 0.322 e. The number of nitrogens with one attached hydrogen (secondary N) is 1. The predicted molar refractivity (Wildman–Crippen MR) is 76.5 cm³/mol. The molecule has 1 rings (SSSR count). The minimum Gasteiger partial charge on any atom is -0.480 e. The van der Waals surface area contributed by atoms with E-state index in [1.54, 1.807) is 13.8 Å². The van der Waals surface area contributed by atoms with Crippen LogP contribution in [-0.2, 0) is 19.1 Å². The molecule has 0 aliphatic heterocycles. The number of esters is 1. The van der Waals surface area contributed by atoms with Gasteiger partial charge in [-0.15, -0.1) is 0 Å². The number of aliphatic carboxylic acids is 1. The molecule has 6 heteroatoms. The van der Waals surface area contributed by atoms with Gasteiger partial charge in [0.05, 0.1) is 11.5 Å². The maximum atomic E-state index is 12.4. The van der Waals surface area contributed by atoms with E-state index >= 15 is 0 Å². The number of hydrogen-bond donors (Lipinski definition) is 2. The lowest BCUT2D eigenvalue weighted by molar-refractivity contribution is -0.166. The molecule has 1 aliphatic rings. The zero-order valence-corrected chi connectivity index (χ0v) is 13.4. The van der Waals surface area contributed by atoms with E-state index in [1.807, 2.05) is 20.8 Å². The van der Waals surface area contributed by atoms with Crippen molar-refractivity contribution in [3.05, 3.63) is 0 Å². The molecule has 0 aromatic rings. The molecule has 1 amide bonds. The molecule has 2 N–H and O–H groups in total. The molecule has 0 aromatic heterocycles. The minimum absolute atomic E-state index is 0.204. The normalized spacial score (nSPS) is 27.4. The first-order valence-electron chi connectivity index (χ1n) is 7.23. The second-order valence-corrected chi connectivity index (χ2v) is 6.71. The fourth-order valence-electron chi connectivity index (χ4n) is 2.95. The molecule has 1 saturated carbocycles. The smallest absolute Gasteiger partial charge is 0.322 e. The van der Waals surface area contributed by atoms with Crippen LogP contribution in [0.2, 0.25) is 0 Å². The zero-order valence-electron chi connectivity index (χ0n) is 13.4. The van der Waals surface area contributed by atoms with E-state index in [-0.39, 0.29) is 18.0 Å². The van der Waals surface area contributed by atoms with Crippen LogP contribution in [0.15, 0.2) is 0 Å². The summed E-state index contributed by atoms with van der Waals surface area (Å²) in [6.07, 6.45) is 0.892. The Morgan fingerprint density at radius 1 is 1.29 bits per heavy atom. The van der Waals surface area contributed by atoms with Crippen LogP contribution >= 0.6 is 0 Å². The van der Waals surface area contributed by atoms with Gasteiger partial charge in [-0.3, -0.25) is 14.4 Å². The largest absolute Gasteiger partial charge is 0.480 e. The molecular formula is C15H25NO5. The summed E-state index contributed by atoms with van der Waals surface area (Å²) in [7, 11) is 0. The second kappa shape index (κ2) is 6.03. The van der Waals surface area contributed by atoms with Crippen LogP contribution in [0.4, 0.5) is 0 Å². The molecule has 0 radical (unpaired) electrons. The molecule has 2 atom stereocenters. The highest BCUT2D eigenvalue weighted by atomic mass is 16.5. The number of hydrogen-bond acceptors (Lipinski definition) is 4. The predicted octanol–water partition coefficient (Wildman–Crippen LogP) is 1.58. The Kier molecular flexibility index (Phi) is 5.02. The summed E-state index contributed by atoms with van der Waals surface area (Å²) in [6, 6.07) is 0. The van der Waals surface area contributed by atoms with Crippen LogP contribution in [0.5, 0.6) is 0 Å². The van der Waals surface area contributed by atoms with Crippen molar-refractivity contribution in [2.24, 2.45) is 16.7 Å². The van der Waals surface area contributed by atoms with Gasteiger partial charge in [-0.05, 0) is 39.0 Å². The van der Waals surface area contributed by atoms with Gasteiger partial charge in [0, 0.05) is 5.92 Å². The highest BCUT2D eigenvalue weighted by Crippen LogP contribution is 2.56. The first kappa shape index (κ1) is 17.5. The average Bonchev–Trinajstić information content (AvgIpc) is 2.58. The van der Waals surface area contributed by atoms with E-state index in [0.29, 0.717) is 12.8 Å². The van der Waals surface area contributed by atoms with Crippen molar-refractivity contribution in [2.45, 2.75) is 53.6 Å². The van der Waals surface area contributed by atoms with Crippen LogP contribution in [0.1, 0.15) is 47.5 Å². The summed E-state index contributed by atoms with van der Waals surface area (Å²) >= 11 is 0. The lowest BCUT2D eigenvalue weighted by Gasteiger charge is -2.39. The van der Waals surface area contributed by atoms with Crippen LogP contribution in [0, 0.1) is 16.7 Å². The number of carboxylic acid groups (broad SMARTS) is 1. The third-order valence-electron chi connectivity index (χ3n) is 4.75. The first-order chi connectivity index (χ1) is 9.52. The number of rotatable bonds is 5. The van der Waals surface area contributed by atoms with Gasteiger partial charge < -0.3 is 15.2 Å². The van der Waals surface area contributed by atoms with Crippen molar-refractivity contribution in [2.75, 3.05) is 6.54 Å². The van der Waals surface area contributed by atoms with E-state index in [1.165, 1.54) is 0 Å². The molecule has 1 aliphatic carbocycles. The van der Waals surface area contributed by atoms with E-state index in [9.17, 15) is 14.4 Å². The topological polar surface area (TPSA) is 92.7 Å². The Bertz CT molecular complexity index is 443. The molecule has 2 unspecified atom stereocenters. The van der Waals surface area contributed by atoms with Crippen molar-refractivity contribution in [1.82, 2.24) is 5.32 Å². The second-order valence-electron chi connectivity index (χ2n) is 6.71. The molecule has 0 saturated heterocycles.